The number of nitrogens with zero attached hydrogens (tertiary/aromatic N) is 2. The largest absolute Gasteiger partial charge is 0.456 e. The predicted octanol–water partition coefficient (Wildman–Crippen LogP) is 15.3. The average Bonchev–Trinajstić information content (AvgIpc) is 3.93. The van der Waals surface area contributed by atoms with Gasteiger partial charge in [-0.1, -0.05) is 115 Å². The molecule has 12 rings (SSSR count). The molecule has 4 heteroatoms. The van der Waals surface area contributed by atoms with Crippen LogP contribution in [0.5, 0.6) is 0 Å². The molecule has 0 radical (unpaired) electrons. The Morgan fingerprint density at radius 2 is 1.07 bits per heavy atom. The number of rotatable bonds is 5. The van der Waals surface area contributed by atoms with Crippen molar-refractivity contribution in [2.24, 2.45) is 0 Å². The maximum atomic E-state index is 6.41. The van der Waals surface area contributed by atoms with E-state index >= 15 is 0 Å². The second-order valence-corrected chi connectivity index (χ2v) is 15.6. The monoisotopic (exact) mass is 732 g/mol. The van der Waals surface area contributed by atoms with Gasteiger partial charge in [-0.15, -0.1) is 11.3 Å². The van der Waals surface area contributed by atoms with Crippen molar-refractivity contribution in [3.8, 4) is 16.8 Å². The van der Waals surface area contributed by atoms with E-state index in [0.29, 0.717) is 0 Å². The van der Waals surface area contributed by atoms with Crippen molar-refractivity contribution in [3.63, 3.8) is 0 Å². The Morgan fingerprint density at radius 3 is 1.98 bits per heavy atom. The van der Waals surface area contributed by atoms with Crippen LogP contribution >= 0.6 is 11.3 Å². The van der Waals surface area contributed by atoms with Gasteiger partial charge in [0.1, 0.15) is 11.2 Å². The summed E-state index contributed by atoms with van der Waals surface area (Å²) in [6, 6.07) is 70.3. The highest BCUT2D eigenvalue weighted by Crippen LogP contribution is 2.44. The van der Waals surface area contributed by atoms with Crippen molar-refractivity contribution in [3.05, 3.63) is 194 Å². The van der Waals surface area contributed by atoms with Gasteiger partial charge in [0.15, 0.2) is 0 Å². The highest BCUT2D eigenvalue weighted by molar-refractivity contribution is 7.25. The molecule has 0 amide bonds. The summed E-state index contributed by atoms with van der Waals surface area (Å²) >= 11 is 1.84. The Morgan fingerprint density at radius 1 is 0.411 bits per heavy atom. The van der Waals surface area contributed by atoms with Gasteiger partial charge in [-0.3, -0.25) is 0 Å². The number of benzene rings is 9. The molecular weight excluding hydrogens is 701 g/mol. The number of aromatic nitrogens is 1. The molecule has 0 saturated carbocycles. The summed E-state index contributed by atoms with van der Waals surface area (Å²) in [6.07, 6.45) is 0. The van der Waals surface area contributed by atoms with Crippen LogP contribution in [0.4, 0.5) is 17.1 Å². The molecule has 0 spiro atoms. The molecule has 12 aromatic rings. The molecule has 3 nitrogen and oxygen atoms in total. The van der Waals surface area contributed by atoms with Crippen LogP contribution < -0.4 is 4.90 Å². The lowest BCUT2D eigenvalue weighted by atomic mass is 10.0. The topological polar surface area (TPSA) is 21.3 Å². The fourth-order valence-electron chi connectivity index (χ4n) is 8.86. The number of furan rings is 1. The first-order valence-corrected chi connectivity index (χ1v) is 19.8. The molecule has 0 N–H and O–H groups in total. The first-order chi connectivity index (χ1) is 27.8. The standard InChI is InChI=1S/C52H32N2OS/c1-2-13-39-33(11-1)23-29-47-52(39)43-16-4-8-18-46(43)54(47)45-17-7-3-12-38(45)34-21-24-35(25-22-34)53(36-27-30-51-44(31-36)42-15-6-10-20-50(42)56-51)37-26-28-41-40-14-5-9-19-48(40)55-49(41)32-37/h1-32H. The van der Waals surface area contributed by atoms with Gasteiger partial charge in [0.2, 0.25) is 0 Å². The molecule has 0 unspecified atom stereocenters. The second-order valence-electron chi connectivity index (χ2n) is 14.5. The SMILES string of the molecule is c1ccc(-n2c3ccccc3c3c4ccccc4ccc32)c(-c2ccc(N(c3ccc4c(c3)oc3ccccc34)c3ccc4sc5ccccc5c4c3)cc2)c1. The van der Waals surface area contributed by atoms with Crippen molar-refractivity contribution in [1.82, 2.24) is 4.57 Å². The minimum absolute atomic E-state index is 0.875. The Kier molecular flexibility index (Phi) is 6.80. The van der Waals surface area contributed by atoms with Gasteiger partial charge in [0.25, 0.3) is 0 Å². The van der Waals surface area contributed by atoms with Crippen LogP contribution in [0.2, 0.25) is 0 Å². The first kappa shape index (κ1) is 31.2. The van der Waals surface area contributed by atoms with E-state index in [0.717, 1.165) is 50.3 Å². The number of hydrogen-bond acceptors (Lipinski definition) is 3. The van der Waals surface area contributed by atoms with E-state index in [4.69, 9.17) is 4.42 Å². The van der Waals surface area contributed by atoms with Crippen LogP contribution in [0.3, 0.4) is 0 Å². The quantitative estimate of drug-likeness (QED) is 0.176. The summed E-state index contributed by atoms with van der Waals surface area (Å²) in [4.78, 5) is 2.35. The van der Waals surface area contributed by atoms with E-state index in [-0.39, 0.29) is 0 Å². The van der Waals surface area contributed by atoms with Crippen molar-refractivity contribution >= 4 is 103 Å². The Labute approximate surface area is 326 Å². The molecule has 56 heavy (non-hydrogen) atoms. The Balaban J connectivity index is 1.03. The highest BCUT2D eigenvalue weighted by atomic mass is 32.1. The summed E-state index contributed by atoms with van der Waals surface area (Å²) in [5.74, 6) is 0. The number of anilines is 3. The number of para-hydroxylation sites is 3. The van der Waals surface area contributed by atoms with E-state index in [1.165, 1.54) is 58.3 Å². The highest BCUT2D eigenvalue weighted by Gasteiger charge is 2.20. The third kappa shape index (κ3) is 4.70. The summed E-state index contributed by atoms with van der Waals surface area (Å²) < 4.78 is 11.4. The zero-order valence-electron chi connectivity index (χ0n) is 30.2. The van der Waals surface area contributed by atoms with Gasteiger partial charge < -0.3 is 13.9 Å². The van der Waals surface area contributed by atoms with E-state index in [9.17, 15) is 0 Å². The lowest BCUT2D eigenvalue weighted by Crippen LogP contribution is -2.09. The van der Waals surface area contributed by atoms with Crippen LogP contribution in [-0.2, 0) is 0 Å². The minimum Gasteiger partial charge on any atom is -0.456 e. The lowest BCUT2D eigenvalue weighted by Gasteiger charge is -2.26. The molecular formula is C52H32N2OS. The normalized spacial score (nSPS) is 11.9. The molecule has 0 aliphatic heterocycles. The van der Waals surface area contributed by atoms with Crippen LogP contribution in [0.25, 0.3) is 91.5 Å². The minimum atomic E-state index is 0.875. The molecule has 3 aromatic heterocycles. The van der Waals surface area contributed by atoms with Crippen molar-refractivity contribution in [2.45, 2.75) is 0 Å². The summed E-state index contributed by atoms with van der Waals surface area (Å²) in [7, 11) is 0. The fourth-order valence-corrected chi connectivity index (χ4v) is 9.94. The summed E-state index contributed by atoms with van der Waals surface area (Å²) in [5, 5.41) is 9.88. The number of hydrogen-bond donors (Lipinski definition) is 0. The molecule has 0 aliphatic rings. The van der Waals surface area contributed by atoms with E-state index in [2.05, 4.69) is 191 Å². The van der Waals surface area contributed by atoms with E-state index in [1.54, 1.807) is 0 Å². The molecule has 0 bridgehead atoms. The molecule has 0 atom stereocenters. The van der Waals surface area contributed by atoms with Gasteiger partial charge >= 0.3 is 0 Å². The Bertz CT molecular complexity index is 3500. The fraction of sp³-hybridized carbons (Fsp3) is 0. The van der Waals surface area contributed by atoms with Gasteiger partial charge in [0, 0.05) is 70.4 Å². The predicted molar refractivity (Wildman–Crippen MR) is 239 cm³/mol. The number of fused-ring (bicyclic) bond motifs is 11. The molecule has 0 aliphatic carbocycles. The lowest BCUT2D eigenvalue weighted by molar-refractivity contribution is 0.669. The molecule has 0 saturated heterocycles. The van der Waals surface area contributed by atoms with E-state index in [1.807, 2.05) is 23.5 Å². The third-order valence-corrected chi connectivity index (χ3v) is 12.5. The Hall–Kier alpha value is -7.14. The maximum absolute atomic E-state index is 6.41. The van der Waals surface area contributed by atoms with Crippen LogP contribution in [0.15, 0.2) is 199 Å². The first-order valence-electron chi connectivity index (χ1n) is 19.0. The molecule has 3 heterocycles. The summed E-state index contributed by atoms with van der Waals surface area (Å²) in [5.41, 5.74) is 10.9. The average molecular weight is 733 g/mol. The van der Waals surface area contributed by atoms with Crippen molar-refractivity contribution in [1.29, 1.82) is 0 Å². The molecule has 9 aromatic carbocycles. The van der Waals surface area contributed by atoms with Crippen LogP contribution in [0.1, 0.15) is 0 Å². The zero-order chi connectivity index (χ0) is 36.7. The van der Waals surface area contributed by atoms with Crippen molar-refractivity contribution in [2.75, 3.05) is 4.90 Å². The maximum Gasteiger partial charge on any atom is 0.137 e. The van der Waals surface area contributed by atoms with Gasteiger partial charge in [-0.2, -0.15) is 0 Å². The van der Waals surface area contributed by atoms with Crippen LogP contribution in [0, 0.1) is 0 Å². The van der Waals surface area contributed by atoms with Gasteiger partial charge in [-0.05, 0) is 89.1 Å². The summed E-state index contributed by atoms with van der Waals surface area (Å²) in [6.45, 7) is 0. The molecule has 0 fully saturated rings. The van der Waals surface area contributed by atoms with Gasteiger partial charge in [0.05, 0.1) is 16.7 Å². The van der Waals surface area contributed by atoms with Crippen molar-refractivity contribution < 1.29 is 4.42 Å². The number of thiophene rings is 1. The second kappa shape index (κ2) is 12.2. The third-order valence-electron chi connectivity index (χ3n) is 11.4. The molecule has 262 valence electrons. The smallest absolute Gasteiger partial charge is 0.137 e. The van der Waals surface area contributed by atoms with Gasteiger partial charge in [-0.25, -0.2) is 0 Å². The van der Waals surface area contributed by atoms with E-state index < -0.39 is 0 Å². The zero-order valence-corrected chi connectivity index (χ0v) is 31.0. The van der Waals surface area contributed by atoms with Crippen LogP contribution in [-0.4, -0.2) is 4.57 Å².